The van der Waals surface area contributed by atoms with E-state index in [9.17, 15) is 0 Å². The molecule has 676 valence electrons. The molecule has 0 radical (unpaired) electrons. The number of benzene rings is 20. The fourth-order valence-electron chi connectivity index (χ4n) is 22.8. The standard InChI is InChI=1S/C73H58N2.C63H54N2/c1-3-18-51-30-46-71-66(48-51)67-49-52(19-4-2)31-47-72(67)75(71)61-42-38-56(39-43-61)54-34-32-53(33-35-54)55-36-40-60(41-37-55)74(70-29-17-15-26-63(70)57-20-8-5-9-21-57)62-44-45-65-64-27-14-16-28-68(64)73(69(65)50-62,58-22-10-6-11-23-58)59-24-12-7-13-25-59;1-5-14-43-22-38-61-56(40-43)57-41-44(15-6-2)23-39-62(57)65(61)51-34-30-48(31-35-51)46-26-24-45(25-27-46)47-28-32-50(33-29-47)64(60-21-13-11-18-53(60)49-16-8-7-9-17-49)52-36-37-55-54-19-10-12-20-58(54)63(3,4)59(55)42-52/h5-17,20-50H,3-4,18-19H2,1-2H3;7-13,16-42H,5-6,14-15H2,1-4H3. The Kier molecular flexibility index (Phi) is 23.5. The van der Waals surface area contributed by atoms with Crippen LogP contribution >= 0.6 is 0 Å². The normalized spacial score (nSPS) is 12.6. The molecule has 0 amide bonds. The van der Waals surface area contributed by atoms with E-state index in [0.29, 0.717) is 0 Å². The second-order valence-corrected chi connectivity index (χ2v) is 38.5. The molecule has 24 rings (SSSR count). The number of aromatic nitrogens is 2. The average Bonchev–Trinajstić information content (AvgIpc) is 1.53. The van der Waals surface area contributed by atoms with Crippen LogP contribution in [-0.4, -0.2) is 9.13 Å². The van der Waals surface area contributed by atoms with Gasteiger partial charge in [0.05, 0.1) is 38.9 Å². The number of aryl methyl sites for hydroxylation is 4. The summed E-state index contributed by atoms with van der Waals surface area (Å²) < 4.78 is 4.89. The molecule has 2 heterocycles. The molecule has 0 saturated heterocycles. The van der Waals surface area contributed by atoms with Crippen LogP contribution in [0.25, 0.3) is 144 Å². The number of fused-ring (bicyclic) bond motifs is 12. The summed E-state index contributed by atoms with van der Waals surface area (Å²) in [7, 11) is 0. The van der Waals surface area contributed by atoms with Gasteiger partial charge in [-0.3, -0.25) is 0 Å². The second kappa shape index (κ2) is 37.6. The minimum Gasteiger partial charge on any atom is -0.310 e. The Labute approximate surface area is 823 Å². The van der Waals surface area contributed by atoms with Gasteiger partial charge in [0.1, 0.15) is 0 Å². The van der Waals surface area contributed by atoms with Gasteiger partial charge in [-0.05, 0) is 293 Å². The van der Waals surface area contributed by atoms with Crippen LogP contribution in [0.2, 0.25) is 0 Å². The third kappa shape index (κ3) is 15.9. The smallest absolute Gasteiger partial charge is 0.0714 e. The molecule has 4 heteroatoms. The van der Waals surface area contributed by atoms with Gasteiger partial charge in [0, 0.05) is 72.2 Å². The Bertz CT molecular complexity index is 8130. The van der Waals surface area contributed by atoms with Gasteiger partial charge in [0.25, 0.3) is 0 Å². The van der Waals surface area contributed by atoms with Crippen molar-refractivity contribution in [3.8, 4) is 100 Å². The van der Waals surface area contributed by atoms with Crippen LogP contribution in [0.15, 0.2) is 473 Å². The summed E-state index contributed by atoms with van der Waals surface area (Å²) in [5.74, 6) is 0. The van der Waals surface area contributed by atoms with E-state index < -0.39 is 5.41 Å². The maximum absolute atomic E-state index is 2.46. The third-order valence-electron chi connectivity index (χ3n) is 29.5. The number of hydrogen-bond acceptors (Lipinski definition) is 2. The highest BCUT2D eigenvalue weighted by Gasteiger charge is 2.47. The average molecular weight is 1800 g/mol. The van der Waals surface area contributed by atoms with Crippen molar-refractivity contribution in [1.29, 1.82) is 0 Å². The molecule has 0 saturated carbocycles. The largest absolute Gasteiger partial charge is 0.310 e. The van der Waals surface area contributed by atoms with Gasteiger partial charge in [-0.25, -0.2) is 0 Å². The second-order valence-electron chi connectivity index (χ2n) is 38.5. The Hall–Kier alpha value is -16.4. The number of para-hydroxylation sites is 2. The van der Waals surface area contributed by atoms with Crippen LogP contribution in [0, 0.1) is 0 Å². The first-order chi connectivity index (χ1) is 69.0. The van der Waals surface area contributed by atoms with E-state index in [-0.39, 0.29) is 5.41 Å². The molecule has 22 aromatic rings. The molecule has 2 aliphatic carbocycles. The van der Waals surface area contributed by atoms with Crippen molar-refractivity contribution < 1.29 is 0 Å². The van der Waals surface area contributed by atoms with E-state index in [4.69, 9.17) is 0 Å². The molecule has 20 aromatic carbocycles. The van der Waals surface area contributed by atoms with E-state index in [2.05, 4.69) is 534 Å². The summed E-state index contributed by atoms with van der Waals surface area (Å²) in [6, 6.07) is 176. The van der Waals surface area contributed by atoms with Crippen LogP contribution in [0.3, 0.4) is 0 Å². The number of nitrogens with zero attached hydrogens (tertiary/aromatic N) is 4. The topological polar surface area (TPSA) is 16.3 Å². The highest BCUT2D eigenvalue weighted by molar-refractivity contribution is 6.11. The Morgan fingerprint density at radius 1 is 0.200 bits per heavy atom. The zero-order valence-corrected chi connectivity index (χ0v) is 80.5. The van der Waals surface area contributed by atoms with Crippen molar-refractivity contribution in [2.75, 3.05) is 9.80 Å². The van der Waals surface area contributed by atoms with Crippen LogP contribution in [0.4, 0.5) is 34.1 Å². The molecule has 0 N–H and O–H groups in total. The molecule has 4 nitrogen and oxygen atoms in total. The molecule has 0 aliphatic heterocycles. The molecule has 140 heavy (non-hydrogen) atoms. The van der Waals surface area contributed by atoms with Crippen molar-refractivity contribution in [2.24, 2.45) is 0 Å². The van der Waals surface area contributed by atoms with Crippen molar-refractivity contribution in [3.05, 3.63) is 529 Å². The van der Waals surface area contributed by atoms with E-state index in [1.165, 1.54) is 200 Å². The molecule has 0 bridgehead atoms. The maximum Gasteiger partial charge on any atom is 0.0714 e. The van der Waals surface area contributed by atoms with Gasteiger partial charge in [-0.1, -0.05) is 407 Å². The first-order valence-corrected chi connectivity index (χ1v) is 50.2. The van der Waals surface area contributed by atoms with E-state index >= 15 is 0 Å². The van der Waals surface area contributed by atoms with Gasteiger partial charge >= 0.3 is 0 Å². The van der Waals surface area contributed by atoms with E-state index in [1.54, 1.807) is 0 Å². The third-order valence-corrected chi connectivity index (χ3v) is 29.5. The quantitative estimate of drug-likeness (QED) is 0.0599. The maximum atomic E-state index is 2.46. The van der Waals surface area contributed by atoms with Crippen LogP contribution in [-0.2, 0) is 36.5 Å². The zero-order valence-electron chi connectivity index (χ0n) is 80.5. The highest BCUT2D eigenvalue weighted by Crippen LogP contribution is 2.59. The lowest BCUT2D eigenvalue weighted by Gasteiger charge is -2.35. The van der Waals surface area contributed by atoms with Gasteiger partial charge in [-0.15, -0.1) is 0 Å². The van der Waals surface area contributed by atoms with E-state index in [1.807, 2.05) is 0 Å². The number of rotatable bonds is 24. The van der Waals surface area contributed by atoms with Crippen LogP contribution < -0.4 is 9.80 Å². The minimum atomic E-state index is -0.517. The summed E-state index contributed by atoms with van der Waals surface area (Å²) in [5, 5.41) is 5.38. The first kappa shape index (κ1) is 87.6. The Morgan fingerprint density at radius 3 is 0.814 bits per heavy atom. The van der Waals surface area contributed by atoms with Crippen LogP contribution in [0.1, 0.15) is 123 Å². The fourth-order valence-corrected chi connectivity index (χ4v) is 22.8. The molecule has 0 spiro atoms. The molecule has 2 aliphatic rings. The van der Waals surface area contributed by atoms with Crippen LogP contribution in [0.5, 0.6) is 0 Å². The summed E-state index contributed by atoms with van der Waals surface area (Å²) in [5.41, 5.74) is 46.5. The first-order valence-electron chi connectivity index (χ1n) is 50.2. The lowest BCUT2D eigenvalue weighted by molar-refractivity contribution is 0.660. The summed E-state index contributed by atoms with van der Waals surface area (Å²) in [6.07, 6.45) is 8.97. The summed E-state index contributed by atoms with van der Waals surface area (Å²) in [4.78, 5) is 4.89. The van der Waals surface area contributed by atoms with Crippen molar-refractivity contribution in [1.82, 2.24) is 9.13 Å². The van der Waals surface area contributed by atoms with E-state index in [0.717, 1.165) is 85.5 Å². The lowest BCUT2D eigenvalue weighted by atomic mass is 9.67. The molecular weight excluding hydrogens is 1690 g/mol. The minimum absolute atomic E-state index is 0.103. The SMILES string of the molecule is CCCc1ccc2c(c1)c1cc(CCC)ccc1n2-c1ccc(-c2ccc(-c3ccc(N(c4ccc5c(c4)C(C)(C)c4ccccc4-5)c4ccccc4-c4ccccc4)cc3)cc2)cc1.CCCc1ccc2c(c1)c1cc(CCC)ccc1n2-c1ccc(-c2ccc(-c3ccc(N(c4ccc5c(c4)C(c4ccccc4)(c4ccccc4)c4ccccc4-5)c4ccccc4-c4ccccc4)cc3)cc2)cc1. The molecule has 0 fully saturated rings. The predicted octanol–water partition coefficient (Wildman–Crippen LogP) is 37.0. The Morgan fingerprint density at radius 2 is 0.464 bits per heavy atom. The van der Waals surface area contributed by atoms with Crippen molar-refractivity contribution >= 4 is 77.7 Å². The fraction of sp³-hybridized carbons (Fsp3) is 0.118. The monoisotopic (exact) mass is 1800 g/mol. The van der Waals surface area contributed by atoms with Gasteiger partial charge in [0.2, 0.25) is 0 Å². The highest BCUT2D eigenvalue weighted by atomic mass is 15.2. The van der Waals surface area contributed by atoms with Gasteiger partial charge < -0.3 is 18.9 Å². The molecule has 2 aromatic heterocycles. The molecule has 0 atom stereocenters. The number of hydrogen-bond donors (Lipinski definition) is 0. The van der Waals surface area contributed by atoms with Crippen molar-refractivity contribution in [3.63, 3.8) is 0 Å². The zero-order chi connectivity index (χ0) is 94.4. The summed E-state index contributed by atoms with van der Waals surface area (Å²) in [6.45, 7) is 13.8. The predicted molar refractivity (Wildman–Crippen MR) is 594 cm³/mol. The molecular formula is C136H112N4. The van der Waals surface area contributed by atoms with Gasteiger partial charge in [0.15, 0.2) is 0 Å². The van der Waals surface area contributed by atoms with Gasteiger partial charge in [-0.2, -0.15) is 0 Å². The lowest BCUT2D eigenvalue weighted by Crippen LogP contribution is -2.28. The summed E-state index contributed by atoms with van der Waals surface area (Å²) >= 11 is 0. The number of anilines is 6. The Balaban J connectivity index is 0.000000158. The molecule has 0 unspecified atom stereocenters. The van der Waals surface area contributed by atoms with Crippen molar-refractivity contribution in [2.45, 2.75) is 104 Å².